The minimum atomic E-state index is -1.82. The molecule has 0 bridgehead atoms. The minimum Gasteiger partial charge on any atom is -0.490 e. The Balaban J connectivity index is 0.00000240. The maximum absolute atomic E-state index is 6.15. The predicted octanol–water partition coefficient (Wildman–Crippen LogP) is 5.64. The number of para-hydroxylation sites is 1. The van der Waals surface area contributed by atoms with Crippen LogP contribution in [0.2, 0.25) is 0 Å². The minimum absolute atomic E-state index is 0. The van der Waals surface area contributed by atoms with Gasteiger partial charge >= 0.3 is 0 Å². The van der Waals surface area contributed by atoms with Gasteiger partial charge in [-0.05, 0) is 48.5 Å². The van der Waals surface area contributed by atoms with Gasteiger partial charge in [-0.3, -0.25) is 0 Å². The Morgan fingerprint density at radius 1 is 0.483 bits per heavy atom. The van der Waals surface area contributed by atoms with Crippen molar-refractivity contribution >= 4 is 40.2 Å². The fraction of sp³-hybridized carbons (Fsp3) is 0.0769. The normalized spacial score (nSPS) is 10.8. The largest absolute Gasteiger partial charge is 0.490 e. The highest BCUT2D eigenvalue weighted by atomic mass is 79.9. The number of rotatable bonds is 7. The van der Waals surface area contributed by atoms with Gasteiger partial charge in [0.15, 0.2) is 0 Å². The highest BCUT2D eigenvalue weighted by Gasteiger charge is 2.45. The van der Waals surface area contributed by atoms with Gasteiger partial charge in [0.05, 0.1) is 0 Å². The van der Waals surface area contributed by atoms with Crippen molar-refractivity contribution in [1.29, 1.82) is 0 Å². The van der Waals surface area contributed by atoms with Gasteiger partial charge in [-0.1, -0.05) is 72.8 Å². The summed E-state index contributed by atoms with van der Waals surface area (Å²) < 4.78 is 6.15. The van der Waals surface area contributed by atoms with Gasteiger partial charge in [-0.15, -0.1) is 17.0 Å². The average Bonchev–Trinajstić information content (AvgIpc) is 2.79. The summed E-state index contributed by atoms with van der Waals surface area (Å²) in [5.41, 5.74) is 0. The Bertz CT molecular complexity index is 879. The molecule has 0 amide bonds. The molecule has 0 saturated heterocycles. The fourth-order valence-electron chi connectivity index (χ4n) is 3.70. The first-order chi connectivity index (χ1) is 13.9. The third-order valence-electron chi connectivity index (χ3n) is 5.03. The Morgan fingerprint density at radius 3 is 1.21 bits per heavy atom. The number of halogens is 1. The van der Waals surface area contributed by atoms with Crippen LogP contribution in [-0.2, 0) is 0 Å². The van der Waals surface area contributed by atoms with Gasteiger partial charge in [0.1, 0.15) is 41.7 Å². The fourth-order valence-corrected chi connectivity index (χ4v) is 7.78. The number of hydrogen-bond donors (Lipinski definition) is 0. The summed E-state index contributed by atoms with van der Waals surface area (Å²) in [6, 6.07) is 42.9. The van der Waals surface area contributed by atoms with Crippen LogP contribution in [0.15, 0.2) is 121 Å². The third kappa shape index (κ3) is 4.78. The summed E-state index contributed by atoms with van der Waals surface area (Å²) in [6.45, 7) is 0.677. The van der Waals surface area contributed by atoms with Crippen LogP contribution in [-0.4, -0.2) is 12.8 Å². The molecule has 0 atom stereocenters. The molecule has 0 radical (unpaired) electrons. The number of hydrogen-bond acceptors (Lipinski definition) is 1. The summed E-state index contributed by atoms with van der Waals surface area (Å²) in [5, 5.41) is 4.18. The lowest BCUT2D eigenvalue weighted by Crippen LogP contribution is -2.35. The molecule has 0 aliphatic heterocycles. The first kappa shape index (κ1) is 21.3. The standard InChI is InChI=1S/C26H24OP.BrH/c1-5-13-23(14-6-1)27-21-22-28(24-15-7-2-8-16-24,25-17-9-3-10-18-25)26-19-11-4-12-20-26;/h1-20H,21-22H2;1H/q+1;. The van der Waals surface area contributed by atoms with Crippen molar-refractivity contribution in [2.45, 2.75) is 0 Å². The molecule has 1 nitrogen and oxygen atoms in total. The maximum Gasteiger partial charge on any atom is 0.123 e. The molecule has 0 heterocycles. The van der Waals surface area contributed by atoms with Crippen molar-refractivity contribution in [1.82, 2.24) is 0 Å². The first-order valence-corrected chi connectivity index (χ1v) is 11.6. The van der Waals surface area contributed by atoms with Crippen LogP contribution in [0, 0.1) is 0 Å². The van der Waals surface area contributed by atoms with E-state index in [1.807, 2.05) is 30.3 Å². The van der Waals surface area contributed by atoms with Crippen molar-refractivity contribution in [3.05, 3.63) is 121 Å². The molecule has 29 heavy (non-hydrogen) atoms. The Labute approximate surface area is 184 Å². The van der Waals surface area contributed by atoms with Gasteiger partial charge in [0.2, 0.25) is 0 Å². The molecule has 4 aromatic carbocycles. The van der Waals surface area contributed by atoms with Crippen LogP contribution in [0.4, 0.5) is 0 Å². The molecule has 0 spiro atoms. The zero-order chi connectivity index (χ0) is 19.1. The van der Waals surface area contributed by atoms with E-state index in [-0.39, 0.29) is 17.0 Å². The van der Waals surface area contributed by atoms with Crippen LogP contribution in [0.25, 0.3) is 0 Å². The molecule has 4 aromatic rings. The molecule has 0 fully saturated rings. The zero-order valence-electron chi connectivity index (χ0n) is 16.2. The number of ether oxygens (including phenoxy) is 1. The van der Waals surface area contributed by atoms with Crippen LogP contribution < -0.4 is 20.7 Å². The van der Waals surface area contributed by atoms with E-state index in [4.69, 9.17) is 4.74 Å². The van der Waals surface area contributed by atoms with Crippen molar-refractivity contribution in [2.24, 2.45) is 0 Å². The van der Waals surface area contributed by atoms with Gasteiger partial charge in [0.25, 0.3) is 0 Å². The van der Waals surface area contributed by atoms with Gasteiger partial charge in [0, 0.05) is 0 Å². The van der Waals surface area contributed by atoms with Crippen molar-refractivity contribution in [3.8, 4) is 5.75 Å². The molecule has 3 heteroatoms. The monoisotopic (exact) mass is 463 g/mol. The predicted molar refractivity (Wildman–Crippen MR) is 132 cm³/mol. The molecule has 0 aromatic heterocycles. The molecule has 146 valence electrons. The SMILES string of the molecule is Br.c1ccc(OCC[P+](c2ccccc2)(c2ccccc2)c2ccccc2)cc1. The first-order valence-electron chi connectivity index (χ1n) is 9.62. The Hall–Kier alpha value is -2.41. The van der Waals surface area contributed by atoms with Crippen molar-refractivity contribution in [3.63, 3.8) is 0 Å². The third-order valence-corrected chi connectivity index (χ3v) is 9.42. The highest BCUT2D eigenvalue weighted by molar-refractivity contribution is 8.93. The van der Waals surface area contributed by atoms with E-state index in [1.165, 1.54) is 15.9 Å². The molecular formula is C26H25BrOP+. The molecule has 0 N–H and O–H groups in total. The maximum atomic E-state index is 6.15. The van der Waals surface area contributed by atoms with Crippen LogP contribution >= 0.6 is 24.2 Å². The van der Waals surface area contributed by atoms with E-state index < -0.39 is 7.26 Å². The lowest BCUT2D eigenvalue weighted by Gasteiger charge is -2.27. The van der Waals surface area contributed by atoms with E-state index >= 15 is 0 Å². The highest BCUT2D eigenvalue weighted by Crippen LogP contribution is 2.54. The zero-order valence-corrected chi connectivity index (χ0v) is 18.8. The second-order valence-electron chi connectivity index (χ2n) is 6.70. The Kier molecular flexibility index (Phi) is 7.63. The second kappa shape index (κ2) is 10.4. The van der Waals surface area contributed by atoms with E-state index in [2.05, 4.69) is 91.0 Å². The van der Waals surface area contributed by atoms with E-state index in [0.29, 0.717) is 6.61 Å². The van der Waals surface area contributed by atoms with E-state index in [1.54, 1.807) is 0 Å². The topological polar surface area (TPSA) is 9.23 Å². The number of benzene rings is 4. The summed E-state index contributed by atoms with van der Waals surface area (Å²) in [7, 11) is -1.82. The van der Waals surface area contributed by atoms with Crippen LogP contribution in [0.5, 0.6) is 5.75 Å². The molecule has 0 saturated carbocycles. The molecule has 0 unspecified atom stereocenters. The summed E-state index contributed by atoms with van der Waals surface area (Å²) >= 11 is 0. The summed E-state index contributed by atoms with van der Waals surface area (Å²) in [5.74, 6) is 0.926. The van der Waals surface area contributed by atoms with Crippen molar-refractivity contribution < 1.29 is 4.74 Å². The lowest BCUT2D eigenvalue weighted by molar-refractivity contribution is 0.343. The van der Waals surface area contributed by atoms with E-state index in [0.717, 1.165) is 11.9 Å². The van der Waals surface area contributed by atoms with E-state index in [9.17, 15) is 0 Å². The lowest BCUT2D eigenvalue weighted by atomic mass is 10.3. The average molecular weight is 464 g/mol. The van der Waals surface area contributed by atoms with Crippen LogP contribution in [0.3, 0.4) is 0 Å². The quantitative estimate of drug-likeness (QED) is 0.322. The molecule has 4 rings (SSSR count). The van der Waals surface area contributed by atoms with Crippen molar-refractivity contribution in [2.75, 3.05) is 12.8 Å². The van der Waals surface area contributed by atoms with Gasteiger partial charge in [-0.25, -0.2) is 0 Å². The second-order valence-corrected chi connectivity index (χ2v) is 10.3. The van der Waals surface area contributed by atoms with Gasteiger partial charge < -0.3 is 4.74 Å². The molecule has 0 aliphatic carbocycles. The smallest absolute Gasteiger partial charge is 0.123 e. The molecular weight excluding hydrogens is 439 g/mol. The summed E-state index contributed by atoms with van der Waals surface area (Å²) in [4.78, 5) is 0. The molecule has 0 aliphatic rings. The Morgan fingerprint density at radius 2 is 0.828 bits per heavy atom. The summed E-state index contributed by atoms with van der Waals surface area (Å²) in [6.07, 6.45) is 0.958. The van der Waals surface area contributed by atoms with Gasteiger partial charge in [-0.2, -0.15) is 0 Å². The van der Waals surface area contributed by atoms with Crippen LogP contribution in [0.1, 0.15) is 0 Å².